The first-order valence-corrected chi connectivity index (χ1v) is 6.38. The Morgan fingerprint density at radius 3 is 2.61 bits per heavy atom. The van der Waals surface area contributed by atoms with E-state index in [0.717, 1.165) is 25.7 Å². The highest BCUT2D eigenvalue weighted by molar-refractivity contribution is 6.07. The molecule has 2 aliphatic rings. The number of hydrogen-bond donors (Lipinski definition) is 1. The van der Waals surface area contributed by atoms with Crippen LogP contribution in [0.25, 0.3) is 0 Å². The summed E-state index contributed by atoms with van der Waals surface area (Å²) in [6.07, 6.45) is 3.46. The number of nitrogens with zero attached hydrogens (tertiary/aromatic N) is 2. The fourth-order valence-corrected chi connectivity index (χ4v) is 2.66. The zero-order chi connectivity index (χ0) is 13.3. The molecule has 1 aliphatic carbocycles. The van der Waals surface area contributed by atoms with Crippen LogP contribution in [0, 0.1) is 5.92 Å². The zero-order valence-corrected chi connectivity index (χ0v) is 11.2. The van der Waals surface area contributed by atoms with Crippen molar-refractivity contribution < 1.29 is 14.4 Å². The van der Waals surface area contributed by atoms with Crippen LogP contribution >= 0.6 is 0 Å². The molecule has 0 radical (unpaired) electrons. The second-order valence-electron chi connectivity index (χ2n) is 5.38. The lowest BCUT2D eigenvalue weighted by atomic mass is 9.77. The summed E-state index contributed by atoms with van der Waals surface area (Å²) in [5, 5.41) is 4.33. The molecule has 6 nitrogen and oxygen atoms in total. The Kier molecular flexibility index (Phi) is 3.59. The van der Waals surface area contributed by atoms with E-state index in [2.05, 4.69) is 12.2 Å². The van der Waals surface area contributed by atoms with Gasteiger partial charge in [-0.1, -0.05) is 6.92 Å². The molecule has 1 saturated carbocycles. The zero-order valence-electron chi connectivity index (χ0n) is 11.2. The summed E-state index contributed by atoms with van der Waals surface area (Å²) in [5.74, 6) is 0.527. The molecule has 0 aromatic rings. The van der Waals surface area contributed by atoms with Crippen molar-refractivity contribution in [2.45, 2.75) is 38.1 Å². The molecule has 18 heavy (non-hydrogen) atoms. The Balaban J connectivity index is 2.09. The number of hydrogen-bond acceptors (Lipinski definition) is 4. The summed E-state index contributed by atoms with van der Waals surface area (Å²) in [4.78, 5) is 30.5. The Labute approximate surface area is 107 Å². The van der Waals surface area contributed by atoms with Crippen LogP contribution in [-0.4, -0.2) is 48.3 Å². The lowest BCUT2D eigenvalue weighted by Crippen LogP contribution is -2.49. The van der Waals surface area contributed by atoms with Gasteiger partial charge in [0.1, 0.15) is 12.2 Å². The molecule has 1 heterocycles. The molecule has 0 aromatic heterocycles. The minimum atomic E-state index is -0.655. The average molecular weight is 255 g/mol. The molecular formula is C12H21N3O3. The predicted molar refractivity (Wildman–Crippen MR) is 65.4 cm³/mol. The fourth-order valence-electron chi connectivity index (χ4n) is 2.66. The first kappa shape index (κ1) is 13.3. The van der Waals surface area contributed by atoms with Gasteiger partial charge >= 0.3 is 6.03 Å². The summed E-state index contributed by atoms with van der Waals surface area (Å²) in [7, 11) is 3.20. The van der Waals surface area contributed by atoms with Gasteiger partial charge < -0.3 is 10.2 Å². The van der Waals surface area contributed by atoms with Gasteiger partial charge in [-0.3, -0.25) is 4.79 Å². The molecule has 0 unspecified atom stereocenters. The maximum absolute atomic E-state index is 12.4. The summed E-state index contributed by atoms with van der Waals surface area (Å²) >= 11 is 0. The van der Waals surface area contributed by atoms with Crippen LogP contribution in [0.5, 0.6) is 0 Å². The Hall–Kier alpha value is -1.14. The van der Waals surface area contributed by atoms with Gasteiger partial charge in [-0.15, -0.1) is 0 Å². The first-order valence-electron chi connectivity index (χ1n) is 6.38. The number of urea groups is 1. The monoisotopic (exact) mass is 255 g/mol. The third-order valence-corrected chi connectivity index (χ3v) is 4.03. The van der Waals surface area contributed by atoms with Crippen LogP contribution in [-0.2, 0) is 9.63 Å². The van der Waals surface area contributed by atoms with E-state index in [1.165, 1.54) is 17.1 Å². The third kappa shape index (κ3) is 2.22. The topological polar surface area (TPSA) is 61.9 Å². The number of amides is 3. The first-order chi connectivity index (χ1) is 8.48. The van der Waals surface area contributed by atoms with Crippen molar-refractivity contribution in [1.29, 1.82) is 0 Å². The summed E-state index contributed by atoms with van der Waals surface area (Å²) < 4.78 is 0. The van der Waals surface area contributed by atoms with E-state index < -0.39 is 5.54 Å². The lowest BCUT2D eigenvalue weighted by molar-refractivity contribution is -0.151. The van der Waals surface area contributed by atoms with E-state index in [1.54, 1.807) is 7.05 Å². The van der Waals surface area contributed by atoms with Gasteiger partial charge in [-0.2, -0.15) is 5.06 Å². The number of hydroxylamine groups is 2. The molecular weight excluding hydrogens is 234 g/mol. The molecule has 0 atom stereocenters. The Morgan fingerprint density at radius 1 is 1.44 bits per heavy atom. The van der Waals surface area contributed by atoms with E-state index in [4.69, 9.17) is 4.84 Å². The van der Waals surface area contributed by atoms with Crippen molar-refractivity contribution in [3.8, 4) is 0 Å². The number of nitrogens with one attached hydrogen (secondary N) is 1. The fraction of sp³-hybridized carbons (Fsp3) is 0.833. The van der Waals surface area contributed by atoms with E-state index in [-0.39, 0.29) is 18.6 Å². The SMILES string of the molecule is CON(C)CN1C(=O)NC2(CCC(C)CC2)C1=O. The molecule has 102 valence electrons. The molecule has 3 amide bonds. The van der Waals surface area contributed by atoms with Crippen LogP contribution in [0.1, 0.15) is 32.6 Å². The van der Waals surface area contributed by atoms with Crippen LogP contribution < -0.4 is 5.32 Å². The number of imide groups is 1. The van der Waals surface area contributed by atoms with Crippen molar-refractivity contribution in [1.82, 2.24) is 15.3 Å². The average Bonchev–Trinajstić information content (AvgIpc) is 2.58. The van der Waals surface area contributed by atoms with Crippen molar-refractivity contribution in [3.63, 3.8) is 0 Å². The van der Waals surface area contributed by atoms with Gasteiger partial charge in [-0.25, -0.2) is 9.69 Å². The molecule has 2 fully saturated rings. The van der Waals surface area contributed by atoms with Crippen LogP contribution in [0.3, 0.4) is 0 Å². The van der Waals surface area contributed by atoms with Gasteiger partial charge in [0.25, 0.3) is 5.91 Å². The molecule has 1 N–H and O–H groups in total. The molecule has 1 saturated heterocycles. The van der Waals surface area contributed by atoms with Gasteiger partial charge in [-0.05, 0) is 31.6 Å². The quantitative estimate of drug-likeness (QED) is 0.602. The highest BCUT2D eigenvalue weighted by Gasteiger charge is 2.52. The molecule has 2 rings (SSSR count). The van der Waals surface area contributed by atoms with E-state index in [0.29, 0.717) is 5.92 Å². The molecule has 6 heteroatoms. The van der Waals surface area contributed by atoms with Crippen molar-refractivity contribution in [2.75, 3.05) is 20.8 Å². The van der Waals surface area contributed by atoms with Crippen molar-refractivity contribution >= 4 is 11.9 Å². The third-order valence-electron chi connectivity index (χ3n) is 4.03. The standard InChI is InChI=1S/C12H21N3O3/c1-9-4-6-12(7-5-9)10(16)15(11(17)13-12)8-14(2)18-3/h9H,4-8H2,1-3H3,(H,13,17). The highest BCUT2D eigenvalue weighted by atomic mass is 16.7. The summed E-state index contributed by atoms with van der Waals surface area (Å²) in [5.41, 5.74) is -0.655. The molecule has 1 spiro atoms. The molecule has 0 aromatic carbocycles. The second kappa shape index (κ2) is 4.85. The van der Waals surface area contributed by atoms with E-state index >= 15 is 0 Å². The number of carbonyl (C=O) groups excluding carboxylic acids is 2. The van der Waals surface area contributed by atoms with Gasteiger partial charge in [0.15, 0.2) is 0 Å². The van der Waals surface area contributed by atoms with Gasteiger partial charge in [0.05, 0.1) is 7.11 Å². The van der Waals surface area contributed by atoms with Crippen LogP contribution in [0.4, 0.5) is 4.79 Å². The minimum absolute atomic E-state index is 0.108. The van der Waals surface area contributed by atoms with Crippen molar-refractivity contribution in [2.24, 2.45) is 5.92 Å². The Bertz CT molecular complexity index is 350. The smallest absolute Gasteiger partial charge is 0.323 e. The predicted octanol–water partition coefficient (Wildman–Crippen LogP) is 0.938. The Morgan fingerprint density at radius 2 is 2.06 bits per heavy atom. The number of rotatable bonds is 3. The van der Waals surface area contributed by atoms with E-state index in [1.807, 2.05) is 0 Å². The highest BCUT2D eigenvalue weighted by Crippen LogP contribution is 2.36. The largest absolute Gasteiger partial charge is 0.326 e. The normalized spacial score (nSPS) is 32.4. The van der Waals surface area contributed by atoms with Gasteiger partial charge in [0, 0.05) is 7.05 Å². The minimum Gasteiger partial charge on any atom is -0.323 e. The maximum atomic E-state index is 12.4. The number of carbonyl (C=O) groups is 2. The van der Waals surface area contributed by atoms with Crippen LogP contribution in [0.15, 0.2) is 0 Å². The van der Waals surface area contributed by atoms with Crippen LogP contribution in [0.2, 0.25) is 0 Å². The molecule has 1 aliphatic heterocycles. The molecule has 0 bridgehead atoms. The maximum Gasteiger partial charge on any atom is 0.326 e. The van der Waals surface area contributed by atoms with E-state index in [9.17, 15) is 9.59 Å². The van der Waals surface area contributed by atoms with Gasteiger partial charge in [0.2, 0.25) is 0 Å². The second-order valence-corrected chi connectivity index (χ2v) is 5.38. The van der Waals surface area contributed by atoms with Crippen molar-refractivity contribution in [3.05, 3.63) is 0 Å². The summed E-state index contributed by atoms with van der Waals surface area (Å²) in [6, 6.07) is -0.307. The summed E-state index contributed by atoms with van der Waals surface area (Å²) in [6.45, 7) is 2.35. The lowest BCUT2D eigenvalue weighted by Gasteiger charge is -2.33.